The summed E-state index contributed by atoms with van der Waals surface area (Å²) in [5, 5.41) is 3.33. The predicted molar refractivity (Wildman–Crippen MR) is 102 cm³/mol. The number of carbonyl (C=O) groups is 2. The third-order valence-corrected chi connectivity index (χ3v) is 4.25. The summed E-state index contributed by atoms with van der Waals surface area (Å²) in [4.78, 5) is 24.0. The Bertz CT molecular complexity index is 823. The van der Waals surface area contributed by atoms with Gasteiger partial charge in [0.05, 0.1) is 10.7 Å². The van der Waals surface area contributed by atoms with Crippen molar-refractivity contribution in [3.05, 3.63) is 57.6 Å². The summed E-state index contributed by atoms with van der Waals surface area (Å²) in [6.45, 7) is 5.12. The molecule has 138 valence electrons. The van der Waals surface area contributed by atoms with Crippen LogP contribution >= 0.6 is 23.2 Å². The number of anilines is 1. The highest BCUT2D eigenvalue weighted by atomic mass is 35.5. The second-order valence-corrected chi connectivity index (χ2v) is 6.62. The number of nitrogens with one attached hydrogen (secondary N) is 1. The molecule has 1 N–H and O–H groups in total. The zero-order chi connectivity index (χ0) is 19.3. The van der Waals surface area contributed by atoms with Crippen LogP contribution in [0.25, 0.3) is 0 Å². The fourth-order valence-electron chi connectivity index (χ4n) is 2.06. The molecular weight excluding hydrogens is 377 g/mol. The Morgan fingerprint density at radius 1 is 1.08 bits per heavy atom. The van der Waals surface area contributed by atoms with Gasteiger partial charge in [-0.25, -0.2) is 4.79 Å². The lowest BCUT2D eigenvalue weighted by Crippen LogP contribution is -2.31. The summed E-state index contributed by atoms with van der Waals surface area (Å²) < 4.78 is 10.5. The molecule has 0 aliphatic carbocycles. The highest BCUT2D eigenvalue weighted by Crippen LogP contribution is 2.25. The number of aryl methyl sites for hydroxylation is 2. The van der Waals surface area contributed by atoms with Crippen molar-refractivity contribution in [3.63, 3.8) is 0 Å². The number of amides is 1. The Balaban J connectivity index is 1.85. The molecule has 5 nitrogen and oxygen atoms in total. The zero-order valence-electron chi connectivity index (χ0n) is 14.6. The average molecular weight is 396 g/mol. The molecule has 7 heteroatoms. The summed E-state index contributed by atoms with van der Waals surface area (Å²) >= 11 is 11.8. The molecule has 0 bridgehead atoms. The van der Waals surface area contributed by atoms with E-state index < -0.39 is 18.0 Å². The van der Waals surface area contributed by atoms with E-state index in [-0.39, 0.29) is 6.61 Å². The van der Waals surface area contributed by atoms with Gasteiger partial charge < -0.3 is 14.8 Å². The molecule has 0 heterocycles. The molecule has 0 unspecified atom stereocenters. The van der Waals surface area contributed by atoms with Gasteiger partial charge in [0, 0.05) is 5.02 Å². The van der Waals surface area contributed by atoms with Crippen LogP contribution in [-0.4, -0.2) is 24.6 Å². The van der Waals surface area contributed by atoms with E-state index in [1.54, 1.807) is 18.2 Å². The van der Waals surface area contributed by atoms with Crippen LogP contribution in [0.15, 0.2) is 36.4 Å². The highest BCUT2D eigenvalue weighted by Gasteiger charge is 2.19. The molecule has 2 aromatic carbocycles. The third-order valence-electron chi connectivity index (χ3n) is 3.70. The van der Waals surface area contributed by atoms with E-state index >= 15 is 0 Å². The van der Waals surface area contributed by atoms with E-state index in [2.05, 4.69) is 5.32 Å². The van der Waals surface area contributed by atoms with Crippen LogP contribution in [0.2, 0.25) is 10.0 Å². The van der Waals surface area contributed by atoms with Gasteiger partial charge in [-0.1, -0.05) is 29.3 Å². The molecule has 1 atom stereocenters. The van der Waals surface area contributed by atoms with Crippen LogP contribution in [0.4, 0.5) is 5.69 Å². The van der Waals surface area contributed by atoms with Crippen molar-refractivity contribution in [1.82, 2.24) is 0 Å². The van der Waals surface area contributed by atoms with Gasteiger partial charge >= 0.3 is 5.97 Å². The molecule has 0 aliphatic rings. The van der Waals surface area contributed by atoms with Crippen molar-refractivity contribution in [1.29, 1.82) is 0 Å². The van der Waals surface area contributed by atoms with Crippen LogP contribution in [0.3, 0.4) is 0 Å². The molecule has 0 aliphatic heterocycles. The number of benzene rings is 2. The number of hydrogen-bond acceptors (Lipinski definition) is 4. The quantitative estimate of drug-likeness (QED) is 0.728. The molecule has 2 rings (SSSR count). The number of ether oxygens (including phenoxy) is 2. The summed E-state index contributed by atoms with van der Waals surface area (Å²) in [5.41, 5.74) is 2.57. The topological polar surface area (TPSA) is 64.6 Å². The summed E-state index contributed by atoms with van der Waals surface area (Å²) in [6, 6.07) is 10.2. The number of hydrogen-bond donors (Lipinski definition) is 1. The lowest BCUT2D eigenvalue weighted by molar-refractivity contribution is -0.155. The third kappa shape index (κ3) is 5.64. The Kier molecular flexibility index (Phi) is 6.89. The van der Waals surface area contributed by atoms with Gasteiger partial charge in [0.2, 0.25) is 0 Å². The molecule has 0 saturated carbocycles. The van der Waals surface area contributed by atoms with E-state index in [0.717, 1.165) is 11.1 Å². The van der Waals surface area contributed by atoms with E-state index in [9.17, 15) is 9.59 Å². The zero-order valence-corrected chi connectivity index (χ0v) is 16.1. The number of esters is 1. The molecular formula is C19H19Cl2NO4. The predicted octanol–water partition coefficient (Wildman–Crippen LogP) is 4.56. The van der Waals surface area contributed by atoms with Crippen LogP contribution in [0, 0.1) is 13.8 Å². The van der Waals surface area contributed by atoms with Crippen LogP contribution < -0.4 is 10.1 Å². The largest absolute Gasteiger partial charge is 0.482 e. The van der Waals surface area contributed by atoms with Gasteiger partial charge in [0.15, 0.2) is 12.7 Å². The van der Waals surface area contributed by atoms with Gasteiger partial charge in [0.25, 0.3) is 5.91 Å². The van der Waals surface area contributed by atoms with Crippen molar-refractivity contribution in [2.24, 2.45) is 0 Å². The van der Waals surface area contributed by atoms with Gasteiger partial charge in [-0.05, 0) is 62.2 Å². The fourth-order valence-corrected chi connectivity index (χ4v) is 2.51. The lowest BCUT2D eigenvalue weighted by Gasteiger charge is -2.15. The normalized spacial score (nSPS) is 11.6. The van der Waals surface area contributed by atoms with E-state index in [0.29, 0.717) is 21.5 Å². The molecule has 0 spiro atoms. The van der Waals surface area contributed by atoms with Gasteiger partial charge in [0.1, 0.15) is 5.75 Å². The Morgan fingerprint density at radius 2 is 1.81 bits per heavy atom. The number of rotatable bonds is 6. The smallest absolute Gasteiger partial charge is 0.344 e. The summed E-state index contributed by atoms with van der Waals surface area (Å²) in [6.07, 6.45) is -1.00. The van der Waals surface area contributed by atoms with E-state index in [1.165, 1.54) is 13.0 Å². The van der Waals surface area contributed by atoms with E-state index in [1.807, 2.05) is 26.0 Å². The minimum absolute atomic E-state index is 0.290. The monoisotopic (exact) mass is 395 g/mol. The molecule has 2 aromatic rings. The molecule has 1 amide bonds. The van der Waals surface area contributed by atoms with Gasteiger partial charge in [-0.2, -0.15) is 0 Å². The second-order valence-electron chi connectivity index (χ2n) is 5.78. The minimum atomic E-state index is -1.00. The van der Waals surface area contributed by atoms with Crippen LogP contribution in [0.1, 0.15) is 18.1 Å². The average Bonchev–Trinajstić information content (AvgIpc) is 2.58. The first-order valence-electron chi connectivity index (χ1n) is 7.91. The molecule has 0 fully saturated rings. The van der Waals surface area contributed by atoms with Gasteiger partial charge in [-0.3, -0.25) is 4.79 Å². The summed E-state index contributed by atoms with van der Waals surface area (Å²) in [5.74, 6) is -0.586. The standard InChI is InChI=1S/C19H19Cl2NO4/c1-11-4-6-15(8-12(11)2)25-10-18(23)26-13(3)19(24)22-17-7-5-14(20)9-16(17)21/h4-9,13H,10H2,1-3H3,(H,22,24)/t13-/m1/s1. The highest BCUT2D eigenvalue weighted by molar-refractivity contribution is 6.36. The Labute approximate surface area is 162 Å². The van der Waals surface area contributed by atoms with Crippen molar-refractivity contribution in [3.8, 4) is 5.75 Å². The maximum Gasteiger partial charge on any atom is 0.344 e. The maximum absolute atomic E-state index is 12.1. The minimum Gasteiger partial charge on any atom is -0.482 e. The number of carbonyl (C=O) groups excluding carboxylic acids is 2. The summed E-state index contributed by atoms with van der Waals surface area (Å²) in [7, 11) is 0. The molecule has 0 saturated heterocycles. The first kappa shape index (κ1) is 20.1. The Morgan fingerprint density at radius 3 is 2.46 bits per heavy atom. The maximum atomic E-state index is 12.1. The van der Waals surface area contributed by atoms with Crippen molar-refractivity contribution >= 4 is 40.8 Å². The SMILES string of the molecule is Cc1ccc(OCC(=O)O[C@H](C)C(=O)Nc2ccc(Cl)cc2Cl)cc1C. The van der Waals surface area contributed by atoms with Crippen LogP contribution in [-0.2, 0) is 14.3 Å². The van der Waals surface area contributed by atoms with Gasteiger partial charge in [-0.15, -0.1) is 0 Å². The Hall–Kier alpha value is -2.24. The van der Waals surface area contributed by atoms with Crippen LogP contribution in [0.5, 0.6) is 5.75 Å². The first-order valence-corrected chi connectivity index (χ1v) is 8.67. The molecule has 26 heavy (non-hydrogen) atoms. The van der Waals surface area contributed by atoms with E-state index in [4.69, 9.17) is 32.7 Å². The molecule has 0 aromatic heterocycles. The van der Waals surface area contributed by atoms with Crippen molar-refractivity contribution in [2.45, 2.75) is 26.9 Å². The first-order chi connectivity index (χ1) is 12.3. The van der Waals surface area contributed by atoms with Crippen molar-refractivity contribution < 1.29 is 19.1 Å². The number of halogens is 2. The second kappa shape index (κ2) is 8.92. The van der Waals surface area contributed by atoms with Crippen molar-refractivity contribution in [2.75, 3.05) is 11.9 Å². The molecule has 0 radical (unpaired) electrons. The fraction of sp³-hybridized carbons (Fsp3) is 0.263. The lowest BCUT2D eigenvalue weighted by atomic mass is 10.1.